The van der Waals surface area contributed by atoms with E-state index < -0.39 is 0 Å². The summed E-state index contributed by atoms with van der Waals surface area (Å²) < 4.78 is 0. The number of para-hydroxylation sites is 1. The molecule has 2 aromatic carbocycles. The third kappa shape index (κ3) is 1.47. The molecule has 0 bridgehead atoms. The highest BCUT2D eigenvalue weighted by Gasteiger charge is 2.24. The minimum atomic E-state index is -0.311. The van der Waals surface area contributed by atoms with Crippen molar-refractivity contribution in [3.63, 3.8) is 0 Å². The number of nitrogens with one attached hydrogen (secondary N) is 1. The van der Waals surface area contributed by atoms with Crippen LogP contribution < -0.4 is 5.32 Å². The zero-order valence-corrected chi connectivity index (χ0v) is 9.05. The molecule has 0 aromatic heterocycles. The maximum absolute atomic E-state index is 11.3. The van der Waals surface area contributed by atoms with Gasteiger partial charge in [-0.2, -0.15) is 0 Å². The maximum Gasteiger partial charge on any atom is 0.132 e. The number of hydrogen-bond donors (Lipinski definition) is 2. The number of rotatable bonds is 1. The van der Waals surface area contributed by atoms with E-state index in [4.69, 9.17) is 0 Å². The molecule has 3 rings (SSSR count). The Morgan fingerprint density at radius 1 is 1.06 bits per heavy atom. The van der Waals surface area contributed by atoms with Crippen LogP contribution >= 0.6 is 0 Å². The van der Waals surface area contributed by atoms with Gasteiger partial charge in [0.05, 0.1) is 5.92 Å². The van der Waals surface area contributed by atoms with Crippen molar-refractivity contribution in [2.24, 2.45) is 0 Å². The number of benzene rings is 2. The Hall–Kier alpha value is -2.29. The number of aromatic hydroxyl groups is 1. The number of carbonyl (C=O) groups excluding carboxylic acids is 1. The van der Waals surface area contributed by atoms with Crippen LogP contribution in [-0.2, 0) is 4.79 Å². The van der Waals surface area contributed by atoms with Crippen LogP contribution in [0.15, 0.2) is 42.5 Å². The number of carbonyl (C=O) groups is 1. The fourth-order valence-corrected chi connectivity index (χ4v) is 2.26. The number of phenolic OH excluding ortho intramolecular Hbond substituents is 1. The first kappa shape index (κ1) is 9.90. The second-order valence-electron chi connectivity index (χ2n) is 4.10. The number of hydrogen-bond acceptors (Lipinski definition) is 3. The Morgan fingerprint density at radius 3 is 2.65 bits per heavy atom. The smallest absolute Gasteiger partial charge is 0.132 e. The van der Waals surface area contributed by atoms with Crippen LogP contribution in [0.2, 0.25) is 0 Å². The second kappa shape index (κ2) is 3.63. The van der Waals surface area contributed by atoms with Gasteiger partial charge >= 0.3 is 0 Å². The van der Waals surface area contributed by atoms with Gasteiger partial charge in [-0.15, -0.1) is 0 Å². The van der Waals surface area contributed by atoms with E-state index in [1.807, 2.05) is 24.3 Å². The predicted molar refractivity (Wildman–Crippen MR) is 65.7 cm³/mol. The molecule has 3 heteroatoms. The largest absolute Gasteiger partial charge is 0.508 e. The lowest BCUT2D eigenvalue weighted by atomic mass is 9.87. The summed E-state index contributed by atoms with van der Waals surface area (Å²) in [5, 5.41) is 12.8. The summed E-state index contributed by atoms with van der Waals surface area (Å²) in [4.78, 5) is 11.3. The number of fused-ring (bicyclic) bond motifs is 2. The van der Waals surface area contributed by atoms with E-state index in [0.29, 0.717) is 0 Å². The van der Waals surface area contributed by atoms with Crippen LogP contribution in [0.4, 0.5) is 11.4 Å². The van der Waals surface area contributed by atoms with E-state index in [1.54, 1.807) is 18.2 Å². The summed E-state index contributed by atoms with van der Waals surface area (Å²) in [6.45, 7) is 0. The fourth-order valence-electron chi connectivity index (χ4n) is 2.26. The summed E-state index contributed by atoms with van der Waals surface area (Å²) in [6.07, 6.45) is 0.915. The van der Waals surface area contributed by atoms with Gasteiger partial charge in [0.25, 0.3) is 0 Å². The van der Waals surface area contributed by atoms with Crippen LogP contribution in [0, 0.1) is 0 Å². The lowest BCUT2D eigenvalue weighted by Crippen LogP contribution is -2.13. The van der Waals surface area contributed by atoms with Crippen LogP contribution in [0.5, 0.6) is 5.75 Å². The molecule has 0 spiro atoms. The minimum absolute atomic E-state index is 0.178. The topological polar surface area (TPSA) is 49.3 Å². The number of aldehydes is 1. The Kier molecular flexibility index (Phi) is 2.11. The molecule has 0 aliphatic carbocycles. The Bertz CT molecular complexity index is 593. The molecular formula is C14H11NO2. The molecule has 17 heavy (non-hydrogen) atoms. The van der Waals surface area contributed by atoms with Gasteiger partial charge in [0.15, 0.2) is 0 Å². The van der Waals surface area contributed by atoms with Gasteiger partial charge in [0.1, 0.15) is 12.0 Å². The average Bonchev–Trinajstić information content (AvgIpc) is 2.36. The van der Waals surface area contributed by atoms with Gasteiger partial charge in [-0.05, 0) is 35.4 Å². The molecule has 1 atom stereocenters. The van der Waals surface area contributed by atoms with Crippen molar-refractivity contribution in [3.05, 3.63) is 53.6 Å². The van der Waals surface area contributed by atoms with E-state index >= 15 is 0 Å². The molecule has 2 N–H and O–H groups in total. The molecule has 0 radical (unpaired) electrons. The van der Waals surface area contributed by atoms with Crippen molar-refractivity contribution in [2.75, 3.05) is 5.32 Å². The van der Waals surface area contributed by atoms with Crippen LogP contribution in [0.1, 0.15) is 17.0 Å². The molecule has 2 aromatic rings. The highest BCUT2D eigenvalue weighted by atomic mass is 16.3. The van der Waals surface area contributed by atoms with E-state index in [2.05, 4.69) is 5.32 Å². The SMILES string of the molecule is O=CC1c2ccccc2Nc2ccc(O)cc21. The Labute approximate surface area is 98.7 Å². The summed E-state index contributed by atoms with van der Waals surface area (Å²) in [5.74, 6) is -0.133. The van der Waals surface area contributed by atoms with Gasteiger partial charge in [0, 0.05) is 11.4 Å². The molecular weight excluding hydrogens is 214 g/mol. The van der Waals surface area contributed by atoms with Crippen molar-refractivity contribution in [1.82, 2.24) is 0 Å². The third-order valence-electron chi connectivity index (χ3n) is 3.07. The third-order valence-corrected chi connectivity index (χ3v) is 3.07. The first-order chi connectivity index (χ1) is 8.29. The highest BCUT2D eigenvalue weighted by Crippen LogP contribution is 2.41. The van der Waals surface area contributed by atoms with Crippen molar-refractivity contribution in [2.45, 2.75) is 5.92 Å². The standard InChI is InChI=1S/C14H11NO2/c16-8-12-10-3-1-2-4-13(10)15-14-6-5-9(17)7-11(12)14/h1-8,12,15,17H. The molecule has 1 unspecified atom stereocenters. The van der Waals surface area contributed by atoms with E-state index in [1.165, 1.54) is 0 Å². The number of anilines is 2. The highest BCUT2D eigenvalue weighted by molar-refractivity contribution is 5.84. The monoisotopic (exact) mass is 225 g/mol. The first-order valence-corrected chi connectivity index (χ1v) is 5.44. The predicted octanol–water partition coefficient (Wildman–Crippen LogP) is 2.78. The fraction of sp³-hybridized carbons (Fsp3) is 0.0714. The van der Waals surface area contributed by atoms with E-state index in [0.717, 1.165) is 28.8 Å². The minimum Gasteiger partial charge on any atom is -0.508 e. The molecule has 3 nitrogen and oxygen atoms in total. The normalized spacial score (nSPS) is 16.6. The Balaban J connectivity index is 2.22. The summed E-state index contributed by atoms with van der Waals surface area (Å²) in [7, 11) is 0. The molecule has 1 aliphatic heterocycles. The quantitative estimate of drug-likeness (QED) is 0.579. The Morgan fingerprint density at radius 2 is 1.82 bits per heavy atom. The zero-order valence-electron chi connectivity index (χ0n) is 9.05. The molecule has 1 heterocycles. The summed E-state index contributed by atoms with van der Waals surface area (Å²) in [6, 6.07) is 12.7. The average molecular weight is 225 g/mol. The zero-order chi connectivity index (χ0) is 11.8. The molecule has 0 saturated heterocycles. The van der Waals surface area contributed by atoms with Gasteiger partial charge in [-0.25, -0.2) is 0 Å². The van der Waals surface area contributed by atoms with Gasteiger partial charge in [-0.3, -0.25) is 0 Å². The van der Waals surface area contributed by atoms with Gasteiger partial charge in [-0.1, -0.05) is 18.2 Å². The van der Waals surface area contributed by atoms with Crippen molar-refractivity contribution < 1.29 is 9.90 Å². The van der Waals surface area contributed by atoms with Crippen LogP contribution in [0.3, 0.4) is 0 Å². The first-order valence-electron chi connectivity index (χ1n) is 5.44. The van der Waals surface area contributed by atoms with Crippen molar-refractivity contribution in [3.8, 4) is 5.75 Å². The van der Waals surface area contributed by atoms with Crippen molar-refractivity contribution in [1.29, 1.82) is 0 Å². The van der Waals surface area contributed by atoms with Crippen LogP contribution in [-0.4, -0.2) is 11.4 Å². The molecule has 84 valence electrons. The van der Waals surface area contributed by atoms with Gasteiger partial charge in [0.2, 0.25) is 0 Å². The maximum atomic E-state index is 11.3. The molecule has 0 fully saturated rings. The summed E-state index contributed by atoms with van der Waals surface area (Å²) >= 11 is 0. The lowest BCUT2D eigenvalue weighted by molar-refractivity contribution is -0.108. The van der Waals surface area contributed by atoms with Gasteiger partial charge < -0.3 is 15.2 Å². The van der Waals surface area contributed by atoms with E-state index in [9.17, 15) is 9.90 Å². The molecule has 0 amide bonds. The number of phenols is 1. The lowest BCUT2D eigenvalue weighted by Gasteiger charge is -2.26. The molecule has 0 saturated carbocycles. The second-order valence-corrected chi connectivity index (χ2v) is 4.10. The van der Waals surface area contributed by atoms with Crippen LogP contribution in [0.25, 0.3) is 0 Å². The van der Waals surface area contributed by atoms with Crippen molar-refractivity contribution >= 4 is 17.7 Å². The van der Waals surface area contributed by atoms with E-state index in [-0.39, 0.29) is 11.7 Å². The molecule has 1 aliphatic rings. The summed E-state index contributed by atoms with van der Waals surface area (Å²) in [5.41, 5.74) is 3.58.